The van der Waals surface area contributed by atoms with E-state index >= 15 is 0 Å². The molecule has 4 heteroatoms. The SMILES string of the molecule is COC(C)(C)CCOc1nc(C)cc(C)c1CNC(C)C. The van der Waals surface area contributed by atoms with E-state index in [-0.39, 0.29) is 5.60 Å². The van der Waals surface area contributed by atoms with Crippen molar-refractivity contribution in [2.24, 2.45) is 0 Å². The number of rotatable bonds is 8. The number of nitrogens with one attached hydrogen (secondary N) is 1. The van der Waals surface area contributed by atoms with E-state index in [2.05, 4.69) is 51.0 Å². The van der Waals surface area contributed by atoms with Crippen LogP contribution in [0.2, 0.25) is 0 Å². The average Bonchev–Trinajstić information content (AvgIpc) is 2.37. The molecule has 0 saturated carbocycles. The van der Waals surface area contributed by atoms with Gasteiger partial charge in [0.15, 0.2) is 0 Å². The molecule has 0 bridgehead atoms. The first-order valence-electron chi connectivity index (χ1n) is 7.63. The molecule has 0 unspecified atom stereocenters. The molecular weight excluding hydrogens is 264 g/mol. The Morgan fingerprint density at radius 2 is 1.95 bits per heavy atom. The standard InChI is InChI=1S/C17H30N2O2/c1-12(2)18-11-15-13(3)10-14(4)19-16(15)21-9-8-17(5,6)20-7/h10,12,18H,8-9,11H2,1-7H3. The van der Waals surface area contributed by atoms with Crippen molar-refractivity contribution in [2.45, 2.75) is 66.2 Å². The molecule has 0 radical (unpaired) electrons. The van der Waals surface area contributed by atoms with Crippen molar-refractivity contribution in [3.05, 3.63) is 22.9 Å². The summed E-state index contributed by atoms with van der Waals surface area (Å²) in [5.74, 6) is 0.743. The first-order chi connectivity index (χ1) is 9.75. The lowest BCUT2D eigenvalue weighted by molar-refractivity contribution is 0.00498. The smallest absolute Gasteiger partial charge is 0.218 e. The molecular formula is C17H30N2O2. The molecule has 0 fully saturated rings. The van der Waals surface area contributed by atoms with Gasteiger partial charge < -0.3 is 14.8 Å². The minimum absolute atomic E-state index is 0.171. The fraction of sp³-hybridized carbons (Fsp3) is 0.706. The van der Waals surface area contributed by atoms with Crippen LogP contribution >= 0.6 is 0 Å². The van der Waals surface area contributed by atoms with Gasteiger partial charge in [0.25, 0.3) is 0 Å². The van der Waals surface area contributed by atoms with E-state index in [1.165, 1.54) is 5.56 Å². The lowest BCUT2D eigenvalue weighted by Crippen LogP contribution is -2.26. The van der Waals surface area contributed by atoms with E-state index < -0.39 is 0 Å². The molecule has 0 atom stereocenters. The first-order valence-corrected chi connectivity index (χ1v) is 7.63. The summed E-state index contributed by atoms with van der Waals surface area (Å²) in [6.07, 6.45) is 0.829. The van der Waals surface area contributed by atoms with Gasteiger partial charge in [-0.25, -0.2) is 4.98 Å². The highest BCUT2D eigenvalue weighted by Crippen LogP contribution is 2.22. The number of ether oxygens (including phenoxy) is 2. The Hall–Kier alpha value is -1.13. The normalized spacial score (nSPS) is 12.0. The molecule has 1 rings (SSSR count). The molecule has 1 N–H and O–H groups in total. The van der Waals surface area contributed by atoms with Gasteiger partial charge in [0.05, 0.1) is 12.2 Å². The maximum atomic E-state index is 5.94. The molecule has 0 aliphatic rings. The Balaban J connectivity index is 2.79. The topological polar surface area (TPSA) is 43.4 Å². The zero-order chi connectivity index (χ0) is 16.0. The number of aryl methyl sites for hydroxylation is 2. The van der Waals surface area contributed by atoms with Gasteiger partial charge in [-0.3, -0.25) is 0 Å². The molecule has 1 aromatic heterocycles. The van der Waals surface area contributed by atoms with Crippen LogP contribution in [0.3, 0.4) is 0 Å². The van der Waals surface area contributed by atoms with Crippen molar-refractivity contribution in [1.29, 1.82) is 0 Å². The molecule has 0 amide bonds. The minimum atomic E-state index is -0.171. The summed E-state index contributed by atoms with van der Waals surface area (Å²) in [6.45, 7) is 13.9. The van der Waals surface area contributed by atoms with E-state index in [9.17, 15) is 0 Å². The molecule has 0 aromatic carbocycles. The van der Waals surface area contributed by atoms with E-state index in [0.717, 1.165) is 30.1 Å². The summed E-state index contributed by atoms with van der Waals surface area (Å²) in [6, 6.07) is 2.54. The maximum Gasteiger partial charge on any atom is 0.218 e. The quantitative estimate of drug-likeness (QED) is 0.798. The van der Waals surface area contributed by atoms with Crippen LogP contribution in [0.4, 0.5) is 0 Å². The fourth-order valence-electron chi connectivity index (χ4n) is 1.97. The van der Waals surface area contributed by atoms with E-state index in [1.54, 1.807) is 7.11 Å². The molecule has 21 heavy (non-hydrogen) atoms. The van der Waals surface area contributed by atoms with Gasteiger partial charge in [-0.1, -0.05) is 13.8 Å². The van der Waals surface area contributed by atoms with Crippen molar-refractivity contribution in [3.8, 4) is 5.88 Å². The summed E-state index contributed by atoms with van der Waals surface area (Å²) >= 11 is 0. The van der Waals surface area contributed by atoms with Gasteiger partial charge in [0.2, 0.25) is 5.88 Å². The van der Waals surface area contributed by atoms with Crippen molar-refractivity contribution >= 4 is 0 Å². The Morgan fingerprint density at radius 1 is 1.29 bits per heavy atom. The van der Waals surface area contributed by atoms with Crippen molar-refractivity contribution in [2.75, 3.05) is 13.7 Å². The number of hydrogen-bond donors (Lipinski definition) is 1. The zero-order valence-corrected chi connectivity index (χ0v) is 14.5. The molecule has 1 heterocycles. The molecule has 120 valence electrons. The highest BCUT2D eigenvalue weighted by molar-refractivity contribution is 5.35. The zero-order valence-electron chi connectivity index (χ0n) is 14.5. The number of hydrogen-bond acceptors (Lipinski definition) is 4. The fourth-order valence-corrected chi connectivity index (χ4v) is 1.97. The Labute approximate surface area is 129 Å². The van der Waals surface area contributed by atoms with Gasteiger partial charge in [-0.15, -0.1) is 0 Å². The summed E-state index contributed by atoms with van der Waals surface area (Å²) in [4.78, 5) is 4.55. The van der Waals surface area contributed by atoms with Crippen LogP contribution in [0.25, 0.3) is 0 Å². The predicted molar refractivity (Wildman–Crippen MR) is 86.9 cm³/mol. The van der Waals surface area contributed by atoms with Gasteiger partial charge >= 0.3 is 0 Å². The van der Waals surface area contributed by atoms with Crippen LogP contribution < -0.4 is 10.1 Å². The highest BCUT2D eigenvalue weighted by atomic mass is 16.5. The number of aromatic nitrogens is 1. The summed E-state index contributed by atoms with van der Waals surface area (Å²) < 4.78 is 11.4. The molecule has 4 nitrogen and oxygen atoms in total. The summed E-state index contributed by atoms with van der Waals surface area (Å²) in [5, 5.41) is 3.44. The largest absolute Gasteiger partial charge is 0.477 e. The average molecular weight is 294 g/mol. The van der Waals surface area contributed by atoms with E-state index in [0.29, 0.717) is 12.6 Å². The third-order valence-electron chi connectivity index (χ3n) is 3.62. The second-order valence-electron chi connectivity index (χ2n) is 6.46. The van der Waals surface area contributed by atoms with E-state index in [1.807, 2.05) is 6.92 Å². The van der Waals surface area contributed by atoms with Crippen LogP contribution in [-0.2, 0) is 11.3 Å². The van der Waals surface area contributed by atoms with Crippen molar-refractivity contribution < 1.29 is 9.47 Å². The van der Waals surface area contributed by atoms with Crippen LogP contribution in [0.5, 0.6) is 5.88 Å². The Kier molecular flexibility index (Phi) is 6.62. The second kappa shape index (κ2) is 7.76. The first kappa shape index (κ1) is 17.9. The summed E-state index contributed by atoms with van der Waals surface area (Å²) in [7, 11) is 1.73. The second-order valence-corrected chi connectivity index (χ2v) is 6.46. The Bertz CT molecular complexity index is 456. The molecule has 0 saturated heterocycles. The monoisotopic (exact) mass is 294 g/mol. The third kappa shape index (κ3) is 6.02. The number of methoxy groups -OCH3 is 1. The predicted octanol–water partition coefficient (Wildman–Crippen LogP) is 3.39. The van der Waals surface area contributed by atoms with Gasteiger partial charge in [-0.05, 0) is 39.3 Å². The molecule has 0 spiro atoms. The highest BCUT2D eigenvalue weighted by Gasteiger charge is 2.17. The lowest BCUT2D eigenvalue weighted by Gasteiger charge is -2.23. The molecule has 0 aliphatic heterocycles. The molecule has 1 aromatic rings. The lowest BCUT2D eigenvalue weighted by atomic mass is 10.1. The molecule has 0 aliphatic carbocycles. The summed E-state index contributed by atoms with van der Waals surface area (Å²) in [5.41, 5.74) is 3.18. The Morgan fingerprint density at radius 3 is 2.52 bits per heavy atom. The number of pyridine rings is 1. The van der Waals surface area contributed by atoms with Crippen LogP contribution in [0.1, 0.15) is 50.9 Å². The van der Waals surface area contributed by atoms with Gasteiger partial charge in [0.1, 0.15) is 0 Å². The van der Waals surface area contributed by atoms with Crippen LogP contribution in [0.15, 0.2) is 6.07 Å². The van der Waals surface area contributed by atoms with E-state index in [4.69, 9.17) is 9.47 Å². The van der Waals surface area contributed by atoms with Crippen molar-refractivity contribution in [1.82, 2.24) is 10.3 Å². The number of nitrogens with zero attached hydrogens (tertiary/aromatic N) is 1. The van der Waals surface area contributed by atoms with Crippen LogP contribution in [-0.4, -0.2) is 30.3 Å². The van der Waals surface area contributed by atoms with Gasteiger partial charge in [-0.2, -0.15) is 0 Å². The minimum Gasteiger partial charge on any atom is -0.477 e. The van der Waals surface area contributed by atoms with Crippen LogP contribution in [0, 0.1) is 13.8 Å². The maximum absolute atomic E-state index is 5.94. The van der Waals surface area contributed by atoms with Gasteiger partial charge in [0, 0.05) is 37.4 Å². The van der Waals surface area contributed by atoms with Crippen molar-refractivity contribution in [3.63, 3.8) is 0 Å². The third-order valence-corrected chi connectivity index (χ3v) is 3.62.